The smallest absolute Gasteiger partial charge is 0.186 e. The third-order valence-corrected chi connectivity index (χ3v) is 5.46. The predicted octanol–water partition coefficient (Wildman–Crippen LogP) is 5.57. The zero-order valence-corrected chi connectivity index (χ0v) is 15.5. The topological polar surface area (TPSA) is 43.7 Å². The molecule has 3 aromatic carbocycles. The van der Waals surface area contributed by atoms with Crippen molar-refractivity contribution in [2.45, 2.75) is 11.8 Å². The van der Waals surface area contributed by atoms with Crippen molar-refractivity contribution in [1.29, 1.82) is 0 Å². The number of rotatable bonds is 5. The molecule has 0 aliphatic heterocycles. The van der Waals surface area contributed by atoms with Crippen LogP contribution < -0.4 is 4.31 Å². The molecule has 3 rings (SSSR count). The fraction of sp³-hybridized carbons (Fsp3) is 0.111. The summed E-state index contributed by atoms with van der Waals surface area (Å²) in [6.45, 7) is 1.99. The van der Waals surface area contributed by atoms with Crippen molar-refractivity contribution in [3.05, 3.63) is 71.2 Å². The first kappa shape index (κ1) is 17.5. The van der Waals surface area contributed by atoms with Crippen molar-refractivity contribution in [3.8, 4) is 0 Å². The Morgan fingerprint density at radius 2 is 1.79 bits per heavy atom. The van der Waals surface area contributed by atoms with Crippen molar-refractivity contribution in [3.63, 3.8) is 0 Å². The van der Waals surface area contributed by atoms with E-state index in [4.69, 9.17) is 11.6 Å². The van der Waals surface area contributed by atoms with Gasteiger partial charge in [-0.25, -0.2) is 0 Å². The maximum Gasteiger partial charge on any atom is 0.186 e. The number of nitrogens with zero attached hydrogens (tertiary/aromatic N) is 1. The zero-order chi connectivity index (χ0) is 17.1. The van der Waals surface area contributed by atoms with E-state index < -0.39 is 8.38 Å². The lowest BCUT2D eigenvalue weighted by Crippen LogP contribution is -2.15. The number of benzene rings is 3. The Hall–Kier alpha value is -1.29. The van der Waals surface area contributed by atoms with Gasteiger partial charge in [-0.05, 0) is 54.1 Å². The van der Waals surface area contributed by atoms with E-state index in [1.54, 1.807) is 0 Å². The molecule has 3 nitrogen and oxygen atoms in total. The molecule has 0 heterocycles. The summed E-state index contributed by atoms with van der Waals surface area (Å²) in [5.74, 6) is 0. The van der Waals surface area contributed by atoms with Crippen LogP contribution in [0.15, 0.2) is 65.6 Å². The number of fused-ring (bicyclic) bond motifs is 1. The number of hydrogen-bond donors (Lipinski definition) is 2. The normalized spacial score (nSPS) is 11.2. The highest BCUT2D eigenvalue weighted by Crippen LogP contribution is 2.39. The predicted molar refractivity (Wildman–Crippen MR) is 105 cm³/mol. The van der Waals surface area contributed by atoms with Crippen LogP contribution in [-0.4, -0.2) is 16.1 Å². The average Bonchev–Trinajstić information content (AvgIpc) is 2.52. The van der Waals surface area contributed by atoms with Gasteiger partial charge in [0.15, 0.2) is 8.38 Å². The third-order valence-electron chi connectivity index (χ3n) is 3.52. The first-order chi connectivity index (χ1) is 11.5. The van der Waals surface area contributed by atoms with Gasteiger partial charge in [-0.1, -0.05) is 48.0 Å². The minimum absolute atomic E-state index is 0.152. The van der Waals surface area contributed by atoms with Gasteiger partial charge in [-0.2, -0.15) is 0 Å². The maximum absolute atomic E-state index is 9.58. The van der Waals surface area contributed by atoms with Gasteiger partial charge in [-0.3, -0.25) is 0 Å². The van der Waals surface area contributed by atoms with Gasteiger partial charge >= 0.3 is 0 Å². The summed E-state index contributed by atoms with van der Waals surface area (Å²) in [5, 5.41) is 2.86. The number of hydrogen-bond acceptors (Lipinski definition) is 4. The molecule has 0 spiro atoms. The molecule has 0 saturated heterocycles. The highest BCUT2D eigenvalue weighted by atomic mass is 35.5. The van der Waals surface area contributed by atoms with Gasteiger partial charge in [0.25, 0.3) is 0 Å². The quantitative estimate of drug-likeness (QED) is 0.450. The van der Waals surface area contributed by atoms with E-state index in [-0.39, 0.29) is 6.29 Å². The van der Waals surface area contributed by atoms with Gasteiger partial charge in [-0.15, -0.1) is 0 Å². The second-order valence-corrected chi connectivity index (χ2v) is 8.00. The molecule has 0 aliphatic carbocycles. The van der Waals surface area contributed by atoms with E-state index >= 15 is 0 Å². The van der Waals surface area contributed by atoms with Crippen LogP contribution in [0.4, 0.5) is 5.69 Å². The lowest BCUT2D eigenvalue weighted by Gasteiger charge is -2.25. The highest BCUT2D eigenvalue weighted by molar-refractivity contribution is 8.01. The fourth-order valence-corrected chi connectivity index (χ4v) is 4.79. The molecule has 0 aliphatic rings. The number of aryl methyl sites for hydroxylation is 1. The largest absolute Gasteiger partial charge is 0.349 e. The summed E-state index contributed by atoms with van der Waals surface area (Å²) in [4.78, 5) is 20.1. The lowest BCUT2D eigenvalue weighted by molar-refractivity contribution is 0.484. The van der Waals surface area contributed by atoms with Crippen LogP contribution in [0.1, 0.15) is 5.56 Å². The van der Waals surface area contributed by atoms with Crippen LogP contribution in [0.2, 0.25) is 5.02 Å². The summed E-state index contributed by atoms with van der Waals surface area (Å²) in [6, 6.07) is 19.9. The summed E-state index contributed by atoms with van der Waals surface area (Å²) >= 11 is 7.61. The Kier molecular flexibility index (Phi) is 5.65. The van der Waals surface area contributed by atoms with Crippen molar-refractivity contribution in [1.82, 2.24) is 0 Å². The Labute approximate surface area is 151 Å². The van der Waals surface area contributed by atoms with E-state index in [1.807, 2.05) is 71.9 Å². The second kappa shape index (κ2) is 7.73. The average molecular weight is 378 g/mol. The van der Waals surface area contributed by atoms with Crippen LogP contribution in [0.3, 0.4) is 0 Å². The molecule has 0 radical (unpaired) electrons. The number of anilines is 1. The molecule has 0 atom stereocenters. The monoisotopic (exact) mass is 377 g/mol. The fourth-order valence-electron chi connectivity index (χ4n) is 2.58. The van der Waals surface area contributed by atoms with Crippen LogP contribution in [-0.2, 0) is 0 Å². The Morgan fingerprint density at radius 3 is 2.54 bits per heavy atom. The van der Waals surface area contributed by atoms with Gasteiger partial charge in [0.2, 0.25) is 0 Å². The summed E-state index contributed by atoms with van der Waals surface area (Å²) in [6.07, 6.45) is 0.152. The van der Waals surface area contributed by atoms with Crippen LogP contribution in [0, 0.1) is 6.92 Å². The maximum atomic E-state index is 9.58. The number of halogens is 1. The minimum atomic E-state index is -2.06. The van der Waals surface area contributed by atoms with E-state index in [9.17, 15) is 9.79 Å². The van der Waals surface area contributed by atoms with Crippen molar-refractivity contribution in [2.24, 2.45) is 0 Å². The van der Waals surface area contributed by atoms with Crippen molar-refractivity contribution < 1.29 is 9.79 Å². The van der Waals surface area contributed by atoms with Gasteiger partial charge in [0.05, 0.1) is 12.0 Å². The minimum Gasteiger partial charge on any atom is -0.349 e. The summed E-state index contributed by atoms with van der Waals surface area (Å²) in [7, 11) is -2.06. The summed E-state index contributed by atoms with van der Waals surface area (Å²) in [5.41, 5.74) is 2.02. The van der Waals surface area contributed by atoms with Gasteiger partial charge < -0.3 is 14.1 Å². The summed E-state index contributed by atoms with van der Waals surface area (Å²) < 4.78 is 1.92. The molecular formula is C18H17ClNO2PS. The molecule has 2 N–H and O–H groups in total. The molecule has 0 saturated carbocycles. The van der Waals surface area contributed by atoms with Crippen molar-refractivity contribution in [2.75, 3.05) is 10.6 Å². The standard InChI is InChI=1S/C18H17ClNO2PS/c1-13-9-15(19)11-16(10-13)24-20(12-23(21)22)18-8-4-6-14-5-2-3-7-17(14)18/h2-11,21-22H,12H2,1H3. The Bertz CT molecular complexity index is 834. The van der Waals surface area contributed by atoms with Crippen LogP contribution >= 0.6 is 31.9 Å². The molecule has 0 aromatic heterocycles. The molecule has 3 aromatic rings. The molecule has 6 heteroatoms. The SMILES string of the molecule is Cc1cc(Cl)cc(SN(CP(O)O)c2cccc3ccccc23)c1. The Balaban J connectivity index is 2.02. The molecule has 0 fully saturated rings. The molecule has 124 valence electrons. The lowest BCUT2D eigenvalue weighted by atomic mass is 10.1. The molecular weight excluding hydrogens is 361 g/mol. The third kappa shape index (κ3) is 4.21. The van der Waals surface area contributed by atoms with E-state index in [1.165, 1.54) is 11.9 Å². The van der Waals surface area contributed by atoms with Crippen molar-refractivity contribution >= 4 is 48.4 Å². The van der Waals surface area contributed by atoms with Crippen LogP contribution in [0.5, 0.6) is 0 Å². The molecule has 0 unspecified atom stereocenters. The Morgan fingerprint density at radius 1 is 1.04 bits per heavy atom. The van der Waals surface area contributed by atoms with Crippen LogP contribution in [0.25, 0.3) is 10.8 Å². The highest BCUT2D eigenvalue weighted by Gasteiger charge is 2.16. The molecule has 0 amide bonds. The van der Waals surface area contributed by atoms with E-state index in [0.717, 1.165) is 26.9 Å². The van der Waals surface area contributed by atoms with Gasteiger partial charge in [0.1, 0.15) is 0 Å². The molecule has 0 bridgehead atoms. The first-order valence-corrected chi connectivity index (χ1v) is 9.97. The first-order valence-electron chi connectivity index (χ1n) is 7.39. The zero-order valence-electron chi connectivity index (χ0n) is 13.1. The van der Waals surface area contributed by atoms with E-state index in [0.29, 0.717) is 5.02 Å². The van der Waals surface area contributed by atoms with E-state index in [2.05, 4.69) is 0 Å². The second-order valence-electron chi connectivity index (χ2n) is 5.45. The van der Waals surface area contributed by atoms with Gasteiger partial charge in [0, 0.05) is 15.3 Å². The molecule has 24 heavy (non-hydrogen) atoms.